The Bertz CT molecular complexity index is 766. The Morgan fingerprint density at radius 1 is 1.28 bits per heavy atom. The van der Waals surface area contributed by atoms with Gasteiger partial charge in [0.2, 0.25) is 0 Å². The van der Waals surface area contributed by atoms with Crippen molar-refractivity contribution in [2.75, 3.05) is 6.54 Å². The number of hydrogen-bond acceptors (Lipinski definition) is 3. The second kappa shape index (κ2) is 7.00. The lowest BCUT2D eigenvalue weighted by atomic mass is 9.92. The molecular formula is C20H28N4O. The molecule has 0 saturated carbocycles. The Labute approximate surface area is 149 Å². The lowest BCUT2D eigenvalue weighted by Crippen LogP contribution is -2.53. The standard InChI is InChI=1S/C20H28N4O/c1-4-20(5-2,13-21)22-19(25)18-15-10-8-12-17(15)24(23-18)16-11-7-6-9-14(16)3/h6-7,9,11H,4-5,8,10,12-13,21H2,1-3H3,(H,22,25). The van der Waals surface area contributed by atoms with Crippen molar-refractivity contribution in [3.63, 3.8) is 0 Å². The largest absolute Gasteiger partial charge is 0.344 e. The Hall–Kier alpha value is -2.14. The number of nitrogens with one attached hydrogen (secondary N) is 1. The number of para-hydroxylation sites is 1. The molecule has 0 unspecified atom stereocenters. The van der Waals surface area contributed by atoms with Crippen LogP contribution in [0, 0.1) is 6.92 Å². The fourth-order valence-electron chi connectivity index (χ4n) is 3.69. The first-order valence-corrected chi connectivity index (χ1v) is 9.24. The molecule has 5 heteroatoms. The maximum absolute atomic E-state index is 13.0. The van der Waals surface area contributed by atoms with Gasteiger partial charge in [-0.25, -0.2) is 4.68 Å². The molecular weight excluding hydrogens is 312 g/mol. The summed E-state index contributed by atoms with van der Waals surface area (Å²) in [5.41, 5.74) is 10.6. The smallest absolute Gasteiger partial charge is 0.272 e. The van der Waals surface area contributed by atoms with E-state index < -0.39 is 0 Å². The summed E-state index contributed by atoms with van der Waals surface area (Å²) >= 11 is 0. The highest BCUT2D eigenvalue weighted by Gasteiger charge is 2.32. The van der Waals surface area contributed by atoms with Gasteiger partial charge in [-0.1, -0.05) is 32.0 Å². The van der Waals surface area contributed by atoms with Gasteiger partial charge in [-0.3, -0.25) is 4.79 Å². The average molecular weight is 340 g/mol. The summed E-state index contributed by atoms with van der Waals surface area (Å²) in [6.45, 7) is 6.64. The van der Waals surface area contributed by atoms with Crippen LogP contribution in [0.25, 0.3) is 5.69 Å². The summed E-state index contributed by atoms with van der Waals surface area (Å²) in [7, 11) is 0. The van der Waals surface area contributed by atoms with Crippen molar-refractivity contribution in [3.8, 4) is 5.69 Å². The van der Waals surface area contributed by atoms with Gasteiger partial charge in [-0.15, -0.1) is 0 Å². The summed E-state index contributed by atoms with van der Waals surface area (Å²) in [4.78, 5) is 13.0. The Morgan fingerprint density at radius 3 is 2.64 bits per heavy atom. The third-order valence-corrected chi connectivity index (χ3v) is 5.61. The molecule has 1 heterocycles. The number of benzene rings is 1. The van der Waals surface area contributed by atoms with E-state index in [1.54, 1.807) is 0 Å². The number of carbonyl (C=O) groups excluding carboxylic acids is 1. The molecule has 0 spiro atoms. The number of aryl methyl sites for hydroxylation is 1. The molecule has 0 radical (unpaired) electrons. The second-order valence-corrected chi connectivity index (χ2v) is 6.97. The maximum atomic E-state index is 13.0. The van der Waals surface area contributed by atoms with Crippen LogP contribution in [0.1, 0.15) is 60.4 Å². The van der Waals surface area contributed by atoms with Gasteiger partial charge in [0.1, 0.15) is 0 Å². The first-order valence-electron chi connectivity index (χ1n) is 9.24. The van der Waals surface area contributed by atoms with E-state index in [0.717, 1.165) is 48.9 Å². The number of aromatic nitrogens is 2. The highest BCUT2D eigenvalue weighted by atomic mass is 16.2. The minimum absolute atomic E-state index is 0.0976. The van der Waals surface area contributed by atoms with Crippen LogP contribution in [0.2, 0.25) is 0 Å². The van der Waals surface area contributed by atoms with E-state index >= 15 is 0 Å². The zero-order chi connectivity index (χ0) is 18.0. The highest BCUT2D eigenvalue weighted by Crippen LogP contribution is 2.29. The lowest BCUT2D eigenvalue weighted by Gasteiger charge is -2.31. The monoisotopic (exact) mass is 340 g/mol. The van der Waals surface area contributed by atoms with E-state index in [1.165, 1.54) is 5.69 Å². The number of nitrogens with two attached hydrogens (primary N) is 1. The fraction of sp³-hybridized carbons (Fsp3) is 0.500. The van der Waals surface area contributed by atoms with Crippen molar-refractivity contribution in [2.24, 2.45) is 5.73 Å². The second-order valence-electron chi connectivity index (χ2n) is 6.97. The summed E-state index contributed by atoms with van der Waals surface area (Å²) in [5, 5.41) is 7.88. The Kier molecular flexibility index (Phi) is 4.95. The number of rotatable bonds is 6. The van der Waals surface area contributed by atoms with Crippen molar-refractivity contribution in [1.82, 2.24) is 15.1 Å². The molecule has 3 N–H and O–H groups in total. The van der Waals surface area contributed by atoms with E-state index in [0.29, 0.717) is 12.2 Å². The maximum Gasteiger partial charge on any atom is 0.272 e. The first kappa shape index (κ1) is 17.7. The van der Waals surface area contributed by atoms with Crippen LogP contribution < -0.4 is 11.1 Å². The van der Waals surface area contributed by atoms with Crippen LogP contribution in [-0.4, -0.2) is 27.8 Å². The van der Waals surface area contributed by atoms with E-state index in [-0.39, 0.29) is 11.4 Å². The summed E-state index contributed by atoms with van der Waals surface area (Å²) in [6.07, 6.45) is 4.58. The molecule has 134 valence electrons. The molecule has 0 atom stereocenters. The lowest BCUT2D eigenvalue weighted by molar-refractivity contribution is 0.0888. The van der Waals surface area contributed by atoms with Crippen LogP contribution in [0.5, 0.6) is 0 Å². The van der Waals surface area contributed by atoms with E-state index in [9.17, 15) is 4.79 Å². The van der Waals surface area contributed by atoms with Gasteiger partial charge < -0.3 is 11.1 Å². The molecule has 1 amide bonds. The third-order valence-electron chi connectivity index (χ3n) is 5.61. The zero-order valence-corrected chi connectivity index (χ0v) is 15.4. The molecule has 1 aliphatic rings. The molecule has 1 aliphatic carbocycles. The van der Waals surface area contributed by atoms with Crippen molar-refractivity contribution in [3.05, 3.63) is 46.8 Å². The molecule has 2 aromatic rings. The molecule has 5 nitrogen and oxygen atoms in total. The molecule has 1 aromatic heterocycles. The molecule has 0 fully saturated rings. The summed E-state index contributed by atoms with van der Waals surface area (Å²) in [5.74, 6) is -0.0976. The summed E-state index contributed by atoms with van der Waals surface area (Å²) in [6, 6.07) is 8.17. The van der Waals surface area contributed by atoms with Gasteiger partial charge in [0.25, 0.3) is 5.91 Å². The van der Waals surface area contributed by atoms with Crippen LogP contribution in [0.15, 0.2) is 24.3 Å². The number of amides is 1. The Morgan fingerprint density at radius 2 is 2.00 bits per heavy atom. The van der Waals surface area contributed by atoms with Gasteiger partial charge in [-0.2, -0.15) is 5.10 Å². The molecule has 1 aromatic carbocycles. The van der Waals surface area contributed by atoms with Gasteiger partial charge in [-0.05, 0) is 50.7 Å². The predicted octanol–water partition coefficient (Wildman–Crippen LogP) is 2.92. The van der Waals surface area contributed by atoms with E-state index in [2.05, 4.69) is 38.2 Å². The number of hydrogen-bond donors (Lipinski definition) is 2. The van der Waals surface area contributed by atoms with Gasteiger partial charge >= 0.3 is 0 Å². The predicted molar refractivity (Wildman–Crippen MR) is 100 cm³/mol. The van der Waals surface area contributed by atoms with Crippen molar-refractivity contribution in [2.45, 2.75) is 58.4 Å². The first-order chi connectivity index (χ1) is 12.0. The average Bonchev–Trinajstić information content (AvgIpc) is 3.23. The quantitative estimate of drug-likeness (QED) is 0.849. The Balaban J connectivity index is 2.00. The fourth-order valence-corrected chi connectivity index (χ4v) is 3.69. The van der Waals surface area contributed by atoms with Crippen LogP contribution >= 0.6 is 0 Å². The van der Waals surface area contributed by atoms with Gasteiger partial charge in [0.05, 0.1) is 11.2 Å². The summed E-state index contributed by atoms with van der Waals surface area (Å²) < 4.78 is 1.97. The molecule has 0 bridgehead atoms. The van der Waals surface area contributed by atoms with Gasteiger partial charge in [0, 0.05) is 17.8 Å². The molecule has 25 heavy (non-hydrogen) atoms. The van der Waals surface area contributed by atoms with Crippen molar-refractivity contribution >= 4 is 5.91 Å². The third kappa shape index (κ3) is 3.09. The molecule has 3 rings (SSSR count). The molecule has 0 aliphatic heterocycles. The molecule has 0 saturated heterocycles. The number of fused-ring (bicyclic) bond motifs is 1. The van der Waals surface area contributed by atoms with Crippen LogP contribution in [0.4, 0.5) is 0 Å². The topological polar surface area (TPSA) is 72.9 Å². The SMILES string of the molecule is CCC(CC)(CN)NC(=O)c1nn(-c2ccccc2C)c2c1CCC2. The van der Waals surface area contributed by atoms with Crippen LogP contribution in [0.3, 0.4) is 0 Å². The normalized spacial score (nSPS) is 13.8. The number of nitrogens with zero attached hydrogens (tertiary/aromatic N) is 2. The zero-order valence-electron chi connectivity index (χ0n) is 15.4. The minimum atomic E-state index is -0.352. The van der Waals surface area contributed by atoms with Crippen molar-refractivity contribution < 1.29 is 4.79 Å². The van der Waals surface area contributed by atoms with Gasteiger partial charge in [0.15, 0.2) is 5.69 Å². The highest BCUT2D eigenvalue weighted by molar-refractivity contribution is 5.94. The van der Waals surface area contributed by atoms with E-state index in [4.69, 9.17) is 10.8 Å². The van der Waals surface area contributed by atoms with Crippen LogP contribution in [-0.2, 0) is 12.8 Å². The van der Waals surface area contributed by atoms with E-state index in [1.807, 2.05) is 16.8 Å². The minimum Gasteiger partial charge on any atom is -0.344 e. The van der Waals surface area contributed by atoms with Crippen molar-refractivity contribution in [1.29, 1.82) is 0 Å². The number of carbonyl (C=O) groups is 1.